The minimum atomic E-state index is -3.14. The molecule has 0 saturated heterocycles. The van der Waals surface area contributed by atoms with E-state index in [2.05, 4.69) is 4.74 Å². The molecular weight excluding hydrogens is 455 g/mol. The molecule has 3 rings (SSSR count). The Balaban J connectivity index is 2.05. The van der Waals surface area contributed by atoms with Crippen molar-refractivity contribution in [2.45, 2.75) is 32.8 Å². The van der Waals surface area contributed by atoms with Gasteiger partial charge in [-0.15, -0.1) is 0 Å². The van der Waals surface area contributed by atoms with E-state index >= 15 is 4.39 Å². The summed E-state index contributed by atoms with van der Waals surface area (Å²) in [6, 6.07) is 8.80. The fourth-order valence-electron chi connectivity index (χ4n) is 3.32. The van der Waals surface area contributed by atoms with E-state index in [4.69, 9.17) is 23.2 Å². The molecule has 0 aromatic heterocycles. The van der Waals surface area contributed by atoms with Gasteiger partial charge in [-0.3, -0.25) is 0 Å². The third-order valence-electron chi connectivity index (χ3n) is 4.74. The smallest absolute Gasteiger partial charge is 0.387 e. The summed E-state index contributed by atoms with van der Waals surface area (Å²) in [5.41, 5.74) is 0.648. The lowest BCUT2D eigenvalue weighted by molar-refractivity contribution is -0.0498. The first-order chi connectivity index (χ1) is 14.7. The first kappa shape index (κ1) is 23.2. The molecule has 0 radical (unpaired) electrons. The van der Waals surface area contributed by atoms with Gasteiger partial charge in [0.2, 0.25) is 0 Å². The van der Waals surface area contributed by atoms with Crippen molar-refractivity contribution >= 4 is 23.2 Å². The molecule has 0 aliphatic heterocycles. The number of rotatable bonds is 7. The molecule has 0 bridgehead atoms. The standard InChI is InChI=1S/C23H18Cl2F4O2/c1-2-3-12-8-17(24)15(18(25)9-12)10-13-4-7-20(30)21(22(13)27)16-11-14(31-23(28)29)5-6-19(16)26/h4-9,11,23,30H,2-3,10H2,1H3. The maximum absolute atomic E-state index is 15.3. The van der Waals surface area contributed by atoms with Gasteiger partial charge < -0.3 is 9.84 Å². The van der Waals surface area contributed by atoms with Crippen molar-refractivity contribution in [2.75, 3.05) is 0 Å². The van der Waals surface area contributed by atoms with Crippen molar-refractivity contribution in [3.63, 3.8) is 0 Å². The second kappa shape index (κ2) is 9.79. The third-order valence-corrected chi connectivity index (χ3v) is 5.41. The van der Waals surface area contributed by atoms with E-state index in [1.807, 2.05) is 6.92 Å². The molecular formula is C23H18Cl2F4O2. The minimum absolute atomic E-state index is 0.0158. The van der Waals surface area contributed by atoms with Crippen LogP contribution in [-0.2, 0) is 12.8 Å². The second-order valence-electron chi connectivity index (χ2n) is 6.92. The van der Waals surface area contributed by atoms with Crippen LogP contribution in [0.2, 0.25) is 10.0 Å². The van der Waals surface area contributed by atoms with E-state index in [0.29, 0.717) is 15.6 Å². The summed E-state index contributed by atoms with van der Waals surface area (Å²) < 4.78 is 59.0. The van der Waals surface area contributed by atoms with Crippen molar-refractivity contribution in [1.29, 1.82) is 0 Å². The largest absolute Gasteiger partial charge is 0.507 e. The highest BCUT2D eigenvalue weighted by Gasteiger charge is 2.21. The molecule has 0 unspecified atom stereocenters. The van der Waals surface area contributed by atoms with Gasteiger partial charge in [-0.05, 0) is 59.5 Å². The number of phenolic OH excluding ortho intramolecular Hbond substituents is 1. The summed E-state index contributed by atoms with van der Waals surface area (Å²) in [6.07, 6.45) is 1.67. The van der Waals surface area contributed by atoms with Crippen LogP contribution in [0.5, 0.6) is 11.5 Å². The number of alkyl halides is 2. The van der Waals surface area contributed by atoms with Gasteiger partial charge in [0, 0.05) is 22.0 Å². The van der Waals surface area contributed by atoms with Gasteiger partial charge in [0.15, 0.2) is 0 Å². The summed E-state index contributed by atoms with van der Waals surface area (Å²) in [6.45, 7) is -1.12. The molecule has 31 heavy (non-hydrogen) atoms. The molecule has 164 valence electrons. The SMILES string of the molecule is CCCc1cc(Cl)c(Cc2ccc(O)c(-c3cc(OC(F)F)ccc3F)c2F)c(Cl)c1. The van der Waals surface area contributed by atoms with Crippen molar-refractivity contribution in [3.8, 4) is 22.6 Å². The molecule has 0 aliphatic rings. The quantitative estimate of drug-likeness (QED) is 0.355. The van der Waals surface area contributed by atoms with Crippen LogP contribution in [0.4, 0.5) is 17.6 Å². The molecule has 0 fully saturated rings. The van der Waals surface area contributed by atoms with Crippen molar-refractivity contribution < 1.29 is 27.4 Å². The minimum Gasteiger partial charge on any atom is -0.507 e. The zero-order valence-corrected chi connectivity index (χ0v) is 17.9. The van der Waals surface area contributed by atoms with Crippen LogP contribution >= 0.6 is 23.2 Å². The summed E-state index contributed by atoms with van der Waals surface area (Å²) in [4.78, 5) is 0. The van der Waals surface area contributed by atoms with Crippen molar-refractivity contribution in [3.05, 3.63) is 80.8 Å². The predicted octanol–water partition coefficient (Wildman–Crippen LogP) is 7.79. The summed E-state index contributed by atoms with van der Waals surface area (Å²) in [5, 5.41) is 10.9. The Labute approximate surface area is 187 Å². The van der Waals surface area contributed by atoms with Crippen LogP contribution in [0.3, 0.4) is 0 Å². The highest BCUT2D eigenvalue weighted by molar-refractivity contribution is 6.36. The van der Waals surface area contributed by atoms with Gasteiger partial charge in [0.25, 0.3) is 0 Å². The van der Waals surface area contributed by atoms with Crippen molar-refractivity contribution in [2.24, 2.45) is 0 Å². The highest BCUT2D eigenvalue weighted by atomic mass is 35.5. The second-order valence-corrected chi connectivity index (χ2v) is 7.73. The van der Waals surface area contributed by atoms with Crippen LogP contribution in [-0.4, -0.2) is 11.7 Å². The van der Waals surface area contributed by atoms with Crippen LogP contribution in [0, 0.1) is 11.6 Å². The first-order valence-electron chi connectivity index (χ1n) is 9.43. The number of ether oxygens (including phenoxy) is 1. The molecule has 0 spiro atoms. The molecule has 0 heterocycles. The summed E-state index contributed by atoms with van der Waals surface area (Å²) >= 11 is 12.7. The van der Waals surface area contributed by atoms with E-state index in [1.165, 1.54) is 12.1 Å². The fourth-order valence-corrected chi connectivity index (χ4v) is 3.99. The lowest BCUT2D eigenvalue weighted by Crippen LogP contribution is -2.03. The summed E-state index contributed by atoms with van der Waals surface area (Å²) in [7, 11) is 0. The van der Waals surface area contributed by atoms with Gasteiger partial charge in [0.05, 0.1) is 5.56 Å². The molecule has 1 N–H and O–H groups in total. The normalized spacial score (nSPS) is 11.2. The Bertz CT molecular complexity index is 1080. The molecule has 8 heteroatoms. The Morgan fingerprint density at radius 1 is 1.00 bits per heavy atom. The average Bonchev–Trinajstić information content (AvgIpc) is 2.68. The molecule has 0 saturated carbocycles. The first-order valence-corrected chi connectivity index (χ1v) is 10.2. The van der Waals surface area contributed by atoms with Crippen LogP contribution in [0.25, 0.3) is 11.1 Å². The number of hydrogen-bond acceptors (Lipinski definition) is 2. The van der Waals surface area contributed by atoms with Gasteiger partial charge in [-0.25, -0.2) is 8.78 Å². The molecule has 3 aromatic carbocycles. The van der Waals surface area contributed by atoms with E-state index in [1.54, 1.807) is 12.1 Å². The molecule has 0 atom stereocenters. The fraction of sp³-hybridized carbons (Fsp3) is 0.217. The van der Waals surface area contributed by atoms with Gasteiger partial charge in [0.1, 0.15) is 23.1 Å². The van der Waals surface area contributed by atoms with Crippen molar-refractivity contribution in [1.82, 2.24) is 0 Å². The number of aromatic hydroxyl groups is 1. The maximum Gasteiger partial charge on any atom is 0.387 e. The Morgan fingerprint density at radius 2 is 1.68 bits per heavy atom. The summed E-state index contributed by atoms with van der Waals surface area (Å²) in [5.74, 6) is -2.75. The third kappa shape index (κ3) is 5.25. The zero-order valence-electron chi connectivity index (χ0n) is 16.4. The van der Waals surface area contributed by atoms with Gasteiger partial charge in [-0.2, -0.15) is 8.78 Å². The van der Waals surface area contributed by atoms with Crippen LogP contribution < -0.4 is 4.74 Å². The number of benzene rings is 3. The van der Waals surface area contributed by atoms with E-state index in [0.717, 1.165) is 36.6 Å². The number of phenols is 1. The molecule has 2 nitrogen and oxygen atoms in total. The monoisotopic (exact) mass is 472 g/mol. The Morgan fingerprint density at radius 3 is 2.29 bits per heavy atom. The lowest BCUT2D eigenvalue weighted by atomic mass is 9.96. The average molecular weight is 473 g/mol. The molecule has 0 aliphatic carbocycles. The van der Waals surface area contributed by atoms with E-state index in [9.17, 15) is 18.3 Å². The Kier molecular flexibility index (Phi) is 7.34. The Hall–Kier alpha value is -2.44. The highest BCUT2D eigenvalue weighted by Crippen LogP contribution is 2.39. The number of aryl methyl sites for hydroxylation is 1. The van der Waals surface area contributed by atoms with E-state index in [-0.39, 0.29) is 17.7 Å². The molecule has 3 aromatic rings. The predicted molar refractivity (Wildman–Crippen MR) is 113 cm³/mol. The zero-order chi connectivity index (χ0) is 22.7. The number of hydrogen-bond donors (Lipinski definition) is 1. The lowest BCUT2D eigenvalue weighted by Gasteiger charge is -2.15. The van der Waals surface area contributed by atoms with Gasteiger partial charge >= 0.3 is 6.61 Å². The molecule has 0 amide bonds. The van der Waals surface area contributed by atoms with Crippen LogP contribution in [0.15, 0.2) is 42.5 Å². The number of halogens is 6. The van der Waals surface area contributed by atoms with E-state index < -0.39 is 35.1 Å². The van der Waals surface area contributed by atoms with Crippen LogP contribution in [0.1, 0.15) is 30.0 Å². The topological polar surface area (TPSA) is 29.5 Å². The maximum atomic E-state index is 15.3. The van der Waals surface area contributed by atoms with Gasteiger partial charge in [-0.1, -0.05) is 42.6 Å².